The monoisotopic (exact) mass is 740 g/mol. The van der Waals surface area contributed by atoms with Gasteiger partial charge in [0.05, 0.1) is 36.0 Å². The number of benzene rings is 2. The number of alkyl halides is 3. The number of nitrogens with zero attached hydrogens (tertiary/aromatic N) is 2. The first-order chi connectivity index (χ1) is 23.6. The standard InChI is InChI=1S/C34H43F3N4O7S2/c1-22-19-41(23(2)21-42)32(43)28-18-27(39-50(45,46)31-9-7-17-49-31)14-15-29(28)48-24(3)8-5-6-16-47-30(22)20-40(4)33(44)38-26-12-10-25(11-13-26)34(35,36)37/h7,9-15,17-18,22-24,30,39,42H,5-6,8,16,19-21H2,1-4H3,(H,38,44)/t22-,23+,24-,30-/m0/s1. The summed E-state index contributed by atoms with van der Waals surface area (Å²) >= 11 is 1.06. The summed E-state index contributed by atoms with van der Waals surface area (Å²) in [5.74, 6) is -0.600. The Morgan fingerprint density at radius 1 is 1.12 bits per heavy atom. The minimum Gasteiger partial charge on any atom is -0.490 e. The highest BCUT2D eigenvalue weighted by atomic mass is 32.2. The number of hydrogen-bond acceptors (Lipinski definition) is 8. The van der Waals surface area contributed by atoms with Gasteiger partial charge in [0.25, 0.3) is 15.9 Å². The molecule has 3 aromatic rings. The van der Waals surface area contributed by atoms with Crippen molar-refractivity contribution in [3.63, 3.8) is 0 Å². The fraction of sp³-hybridized carbons (Fsp3) is 0.471. The van der Waals surface area contributed by atoms with Crippen molar-refractivity contribution < 1.29 is 45.8 Å². The molecule has 1 aliphatic rings. The van der Waals surface area contributed by atoms with Gasteiger partial charge in [-0.3, -0.25) is 9.52 Å². The Kier molecular flexibility index (Phi) is 13.2. The van der Waals surface area contributed by atoms with Gasteiger partial charge in [0.1, 0.15) is 9.96 Å². The van der Waals surface area contributed by atoms with Crippen molar-refractivity contribution in [1.82, 2.24) is 9.80 Å². The molecular formula is C34H43F3N4O7S2. The number of sulfonamides is 1. The Hall–Kier alpha value is -3.86. The normalized spacial score (nSPS) is 20.2. The molecule has 16 heteroatoms. The maximum absolute atomic E-state index is 14.3. The third-order valence-electron chi connectivity index (χ3n) is 8.33. The van der Waals surface area contributed by atoms with Crippen molar-refractivity contribution in [3.8, 4) is 5.75 Å². The number of nitrogens with one attached hydrogen (secondary N) is 2. The van der Waals surface area contributed by atoms with E-state index < -0.39 is 45.8 Å². The number of aliphatic hydroxyl groups is 1. The highest BCUT2D eigenvalue weighted by Crippen LogP contribution is 2.31. The third kappa shape index (κ3) is 10.3. The van der Waals surface area contributed by atoms with Crippen molar-refractivity contribution in [2.75, 3.05) is 43.4 Å². The number of hydrogen-bond donors (Lipinski definition) is 3. The molecule has 274 valence electrons. The lowest BCUT2D eigenvalue weighted by atomic mass is 10.0. The first-order valence-corrected chi connectivity index (χ1v) is 18.5. The van der Waals surface area contributed by atoms with Gasteiger partial charge in [-0.25, -0.2) is 13.2 Å². The van der Waals surface area contributed by atoms with Crippen LogP contribution in [-0.2, 0) is 20.9 Å². The molecule has 0 bridgehead atoms. The summed E-state index contributed by atoms with van der Waals surface area (Å²) in [5, 5.41) is 14.4. The van der Waals surface area contributed by atoms with Crippen LogP contribution >= 0.6 is 11.3 Å². The van der Waals surface area contributed by atoms with Crippen LogP contribution in [0.3, 0.4) is 0 Å². The zero-order chi connectivity index (χ0) is 36.6. The van der Waals surface area contributed by atoms with E-state index in [1.54, 1.807) is 24.4 Å². The van der Waals surface area contributed by atoms with Crippen molar-refractivity contribution in [2.24, 2.45) is 5.92 Å². The van der Waals surface area contributed by atoms with Crippen LogP contribution in [0.15, 0.2) is 64.2 Å². The van der Waals surface area contributed by atoms with E-state index in [2.05, 4.69) is 10.0 Å². The van der Waals surface area contributed by atoms with Gasteiger partial charge in [-0.15, -0.1) is 11.3 Å². The van der Waals surface area contributed by atoms with Crippen LogP contribution in [-0.4, -0.2) is 86.9 Å². The van der Waals surface area contributed by atoms with Gasteiger partial charge in [0.15, 0.2) is 0 Å². The number of carbonyl (C=O) groups excluding carboxylic acids is 2. The minimum absolute atomic E-state index is 0.0912. The molecule has 4 rings (SSSR count). The molecule has 0 saturated carbocycles. The SMILES string of the molecule is C[C@H](CO)N1C[C@H](C)[C@H](CN(C)C(=O)Nc2ccc(C(F)(F)F)cc2)OCCCC[C@H](C)Oc2ccc(NS(=O)(=O)c3cccs3)cc2C1=O. The minimum atomic E-state index is -4.50. The van der Waals surface area contributed by atoms with Crippen molar-refractivity contribution in [3.05, 3.63) is 71.1 Å². The number of aliphatic hydroxyl groups excluding tert-OH is 1. The van der Waals surface area contributed by atoms with Gasteiger partial charge in [0, 0.05) is 44.0 Å². The molecule has 2 heterocycles. The molecular weight excluding hydrogens is 698 g/mol. The molecule has 0 unspecified atom stereocenters. The topological polar surface area (TPSA) is 138 Å². The molecule has 11 nitrogen and oxygen atoms in total. The van der Waals surface area contributed by atoms with E-state index in [1.807, 2.05) is 13.8 Å². The average molecular weight is 741 g/mol. The number of urea groups is 1. The molecule has 0 aliphatic carbocycles. The Labute approximate surface area is 294 Å². The van der Waals surface area contributed by atoms with Gasteiger partial charge in [-0.1, -0.05) is 13.0 Å². The number of halogens is 3. The lowest BCUT2D eigenvalue weighted by molar-refractivity contribution is -0.137. The second-order valence-corrected chi connectivity index (χ2v) is 15.3. The highest BCUT2D eigenvalue weighted by molar-refractivity contribution is 7.94. The number of fused-ring (bicyclic) bond motifs is 1. The first-order valence-electron chi connectivity index (χ1n) is 16.2. The number of carbonyl (C=O) groups is 2. The molecule has 4 atom stereocenters. The van der Waals surface area contributed by atoms with E-state index in [-0.39, 0.29) is 58.6 Å². The fourth-order valence-corrected chi connectivity index (χ4v) is 7.43. The van der Waals surface area contributed by atoms with Crippen molar-refractivity contribution in [1.29, 1.82) is 0 Å². The van der Waals surface area contributed by atoms with Gasteiger partial charge >= 0.3 is 12.2 Å². The predicted octanol–water partition coefficient (Wildman–Crippen LogP) is 6.53. The van der Waals surface area contributed by atoms with Gasteiger partial charge in [-0.05, 0) is 87.0 Å². The summed E-state index contributed by atoms with van der Waals surface area (Å²) < 4.78 is 80.0. The van der Waals surface area contributed by atoms with Crippen LogP contribution in [0.1, 0.15) is 56.0 Å². The van der Waals surface area contributed by atoms with Gasteiger partial charge < -0.3 is 29.7 Å². The van der Waals surface area contributed by atoms with Crippen molar-refractivity contribution in [2.45, 2.75) is 68.7 Å². The van der Waals surface area contributed by atoms with Crippen LogP contribution in [0.2, 0.25) is 0 Å². The molecule has 3 N–H and O–H groups in total. The maximum atomic E-state index is 14.3. The number of ether oxygens (including phenoxy) is 2. The largest absolute Gasteiger partial charge is 0.490 e. The summed E-state index contributed by atoms with van der Waals surface area (Å²) in [5.41, 5.74) is -0.371. The average Bonchev–Trinajstić information content (AvgIpc) is 3.62. The lowest BCUT2D eigenvalue weighted by Crippen LogP contribution is -2.48. The van der Waals surface area contributed by atoms with Crippen LogP contribution in [0.25, 0.3) is 0 Å². The van der Waals surface area contributed by atoms with Crippen LogP contribution in [0.5, 0.6) is 5.75 Å². The quantitative estimate of drug-likeness (QED) is 0.239. The summed E-state index contributed by atoms with van der Waals surface area (Å²) in [4.78, 5) is 30.2. The van der Waals surface area contributed by atoms with Crippen LogP contribution in [0.4, 0.5) is 29.3 Å². The number of anilines is 2. The van der Waals surface area contributed by atoms with Crippen LogP contribution < -0.4 is 14.8 Å². The maximum Gasteiger partial charge on any atom is 0.416 e. The van der Waals surface area contributed by atoms with Crippen molar-refractivity contribution >= 4 is 44.7 Å². The third-order valence-corrected chi connectivity index (χ3v) is 11.1. The van der Waals surface area contributed by atoms with E-state index in [4.69, 9.17) is 9.47 Å². The zero-order valence-electron chi connectivity index (χ0n) is 28.3. The smallest absolute Gasteiger partial charge is 0.416 e. The molecule has 0 saturated heterocycles. The lowest BCUT2D eigenvalue weighted by Gasteiger charge is -2.35. The van der Waals surface area contributed by atoms with E-state index in [0.717, 1.165) is 29.9 Å². The molecule has 1 aromatic heterocycles. The van der Waals surface area contributed by atoms with E-state index in [9.17, 15) is 36.3 Å². The second-order valence-electron chi connectivity index (χ2n) is 12.4. The van der Waals surface area contributed by atoms with E-state index in [0.29, 0.717) is 19.4 Å². The molecule has 0 fully saturated rings. The molecule has 1 aliphatic heterocycles. The summed E-state index contributed by atoms with van der Waals surface area (Å²) in [6.45, 7) is 5.60. The summed E-state index contributed by atoms with van der Waals surface area (Å²) in [7, 11) is -2.37. The molecule has 0 radical (unpaired) electrons. The molecule has 50 heavy (non-hydrogen) atoms. The summed E-state index contributed by atoms with van der Waals surface area (Å²) in [6, 6.07) is 10.5. The Morgan fingerprint density at radius 2 is 1.82 bits per heavy atom. The number of likely N-dealkylation sites (N-methyl/N-ethyl adjacent to an activating group) is 1. The first kappa shape index (κ1) is 38.9. The predicted molar refractivity (Wildman–Crippen MR) is 185 cm³/mol. The summed E-state index contributed by atoms with van der Waals surface area (Å²) in [6.07, 6.45) is -3.31. The fourth-order valence-electron chi connectivity index (χ4n) is 5.38. The van der Waals surface area contributed by atoms with E-state index in [1.165, 1.54) is 47.2 Å². The van der Waals surface area contributed by atoms with Gasteiger partial charge in [0.2, 0.25) is 0 Å². The second kappa shape index (κ2) is 16.9. The van der Waals surface area contributed by atoms with Gasteiger partial charge in [-0.2, -0.15) is 13.2 Å². The number of rotatable bonds is 8. The molecule has 0 spiro atoms. The highest BCUT2D eigenvalue weighted by Gasteiger charge is 2.32. The number of thiophene rings is 1. The Balaban J connectivity index is 1.58. The zero-order valence-corrected chi connectivity index (χ0v) is 29.9. The number of amides is 3. The molecule has 2 aromatic carbocycles. The van der Waals surface area contributed by atoms with E-state index >= 15 is 0 Å². The Bertz CT molecular complexity index is 1690. The Morgan fingerprint density at radius 3 is 2.46 bits per heavy atom. The molecule has 3 amide bonds. The van der Waals surface area contributed by atoms with Crippen LogP contribution in [0, 0.1) is 5.92 Å².